The molecule has 1 saturated heterocycles. The number of hydrogen-bond acceptors (Lipinski definition) is 4. The van der Waals surface area contributed by atoms with Crippen molar-refractivity contribution in [2.24, 2.45) is 11.7 Å². The zero-order chi connectivity index (χ0) is 22.4. The molecule has 7 nitrogen and oxygen atoms in total. The number of primary amides is 1. The van der Waals surface area contributed by atoms with Crippen molar-refractivity contribution in [3.05, 3.63) is 59.5 Å². The molecule has 160 valence electrons. The molecule has 1 aliphatic heterocycles. The van der Waals surface area contributed by atoms with Gasteiger partial charge in [0, 0.05) is 12.7 Å². The first-order chi connectivity index (χ1) is 14.1. The molecule has 2 rings (SSSR count). The molecule has 3 amide bonds. The highest BCUT2D eigenvalue weighted by Gasteiger charge is 2.34. The summed E-state index contributed by atoms with van der Waals surface area (Å²) >= 11 is 0. The van der Waals surface area contributed by atoms with E-state index < -0.39 is 17.7 Å². The van der Waals surface area contributed by atoms with Crippen molar-refractivity contribution in [2.75, 3.05) is 11.9 Å². The van der Waals surface area contributed by atoms with Gasteiger partial charge in [-0.3, -0.25) is 19.4 Å². The molecule has 2 atom stereocenters. The molecular formula is C23H30N4O3. The van der Waals surface area contributed by atoms with Crippen LogP contribution < -0.4 is 11.1 Å². The summed E-state index contributed by atoms with van der Waals surface area (Å²) in [6.07, 6.45) is 8.26. The van der Waals surface area contributed by atoms with Gasteiger partial charge < -0.3 is 16.0 Å². The van der Waals surface area contributed by atoms with Crippen LogP contribution in [0.5, 0.6) is 0 Å². The summed E-state index contributed by atoms with van der Waals surface area (Å²) < 4.78 is 0. The predicted molar refractivity (Wildman–Crippen MR) is 118 cm³/mol. The normalized spacial score (nSPS) is 18.7. The molecule has 0 saturated carbocycles. The minimum atomic E-state index is -0.783. The molecule has 0 radical (unpaired) electrons. The van der Waals surface area contributed by atoms with Crippen LogP contribution in [0.3, 0.4) is 0 Å². The highest BCUT2D eigenvalue weighted by Crippen LogP contribution is 2.27. The number of anilines is 1. The van der Waals surface area contributed by atoms with Crippen molar-refractivity contribution in [1.29, 1.82) is 0 Å². The number of rotatable bonds is 5. The quantitative estimate of drug-likeness (QED) is 0.574. The number of piperidine rings is 1. The molecule has 0 aliphatic carbocycles. The summed E-state index contributed by atoms with van der Waals surface area (Å²) in [5.74, 6) is -1.79. The molecule has 30 heavy (non-hydrogen) atoms. The van der Waals surface area contributed by atoms with Crippen LogP contribution in [0.15, 0.2) is 53.9 Å². The Bertz CT molecular complexity index is 913. The van der Waals surface area contributed by atoms with E-state index in [2.05, 4.69) is 23.8 Å². The van der Waals surface area contributed by atoms with E-state index in [9.17, 15) is 14.4 Å². The van der Waals surface area contributed by atoms with E-state index in [4.69, 9.17) is 5.73 Å². The Morgan fingerprint density at radius 3 is 2.53 bits per heavy atom. The maximum Gasteiger partial charge on any atom is 0.313 e. The van der Waals surface area contributed by atoms with Gasteiger partial charge in [0.1, 0.15) is 0 Å². The van der Waals surface area contributed by atoms with Gasteiger partial charge in [0.15, 0.2) is 0 Å². The van der Waals surface area contributed by atoms with Crippen molar-refractivity contribution in [1.82, 2.24) is 9.88 Å². The van der Waals surface area contributed by atoms with E-state index in [1.165, 1.54) is 24.0 Å². The van der Waals surface area contributed by atoms with E-state index in [-0.39, 0.29) is 23.2 Å². The molecule has 0 bridgehead atoms. The lowest BCUT2D eigenvalue weighted by Crippen LogP contribution is -2.50. The van der Waals surface area contributed by atoms with Crippen molar-refractivity contribution in [2.45, 2.75) is 46.6 Å². The lowest BCUT2D eigenvalue weighted by atomic mass is 9.89. The zero-order valence-corrected chi connectivity index (χ0v) is 18.1. The molecule has 3 N–H and O–H groups in total. The van der Waals surface area contributed by atoms with Crippen LogP contribution in [-0.4, -0.2) is 40.2 Å². The second-order valence-corrected chi connectivity index (χ2v) is 8.03. The second-order valence-electron chi connectivity index (χ2n) is 8.03. The number of allylic oxidation sites excluding steroid dienone is 3. The first-order valence-electron chi connectivity index (χ1n) is 9.98. The largest absolute Gasteiger partial charge is 0.366 e. The van der Waals surface area contributed by atoms with Gasteiger partial charge >= 0.3 is 11.8 Å². The summed E-state index contributed by atoms with van der Waals surface area (Å²) in [7, 11) is 0. The van der Waals surface area contributed by atoms with Crippen molar-refractivity contribution >= 4 is 23.4 Å². The predicted octanol–water partition coefficient (Wildman–Crippen LogP) is 3.21. The number of carbonyl (C=O) groups excluding carboxylic acids is 3. The SMILES string of the molecule is C=C(/C=C\C(C)=C(C)C)[C@@H]1CC[C@@H](C)CN1C(=O)C(=O)Nc1cncc(C(N)=O)c1. The Morgan fingerprint density at radius 2 is 1.90 bits per heavy atom. The van der Waals surface area contributed by atoms with Gasteiger partial charge in [-0.25, -0.2) is 0 Å². The van der Waals surface area contributed by atoms with Crippen LogP contribution in [0, 0.1) is 5.92 Å². The average Bonchev–Trinajstić information content (AvgIpc) is 2.71. The first kappa shape index (κ1) is 23.1. The van der Waals surface area contributed by atoms with Gasteiger partial charge in [-0.05, 0) is 51.2 Å². The number of pyridine rings is 1. The molecule has 1 aromatic rings. The van der Waals surface area contributed by atoms with E-state index >= 15 is 0 Å². The summed E-state index contributed by atoms with van der Waals surface area (Å²) in [6, 6.07) is 1.15. The number of amides is 3. The number of nitrogens with two attached hydrogens (primary N) is 1. The van der Waals surface area contributed by atoms with Gasteiger partial charge in [0.2, 0.25) is 5.91 Å². The van der Waals surface area contributed by atoms with Gasteiger partial charge in [0.05, 0.1) is 23.5 Å². The van der Waals surface area contributed by atoms with Crippen molar-refractivity contribution < 1.29 is 14.4 Å². The van der Waals surface area contributed by atoms with E-state index in [0.717, 1.165) is 24.0 Å². The maximum atomic E-state index is 13.0. The van der Waals surface area contributed by atoms with Crippen LogP contribution in [0.25, 0.3) is 0 Å². The summed E-state index contributed by atoms with van der Waals surface area (Å²) in [5.41, 5.74) is 8.76. The maximum absolute atomic E-state index is 13.0. The number of aromatic nitrogens is 1. The van der Waals surface area contributed by atoms with Crippen LogP contribution in [0.4, 0.5) is 5.69 Å². The Kier molecular flexibility index (Phi) is 7.69. The summed E-state index contributed by atoms with van der Waals surface area (Å²) in [4.78, 5) is 42.3. The zero-order valence-electron chi connectivity index (χ0n) is 18.1. The Morgan fingerprint density at radius 1 is 1.20 bits per heavy atom. The molecule has 0 unspecified atom stereocenters. The van der Waals surface area contributed by atoms with Gasteiger partial charge in [0.25, 0.3) is 0 Å². The standard InChI is InChI=1S/C23H30N4O3/c1-14(2)16(4)7-8-17(5)20-9-6-15(3)13-27(20)23(30)22(29)26-19-10-18(21(24)28)11-25-12-19/h7-8,10-12,15,20H,5-6,9,13H2,1-4H3,(H2,24,28)(H,26,29)/b8-7-/t15-,20+/m1/s1. The number of carbonyl (C=O) groups is 3. The summed E-state index contributed by atoms with van der Waals surface area (Å²) in [6.45, 7) is 12.8. The fourth-order valence-corrected chi connectivity index (χ4v) is 3.23. The van der Waals surface area contributed by atoms with Crippen LogP contribution in [0.2, 0.25) is 0 Å². The number of hydrogen-bond donors (Lipinski definition) is 2. The average molecular weight is 411 g/mol. The monoisotopic (exact) mass is 410 g/mol. The highest BCUT2D eigenvalue weighted by molar-refractivity contribution is 6.39. The Hall–Kier alpha value is -3.22. The van der Waals surface area contributed by atoms with E-state index in [1.54, 1.807) is 4.90 Å². The topological polar surface area (TPSA) is 105 Å². The third-order valence-corrected chi connectivity index (χ3v) is 5.32. The van der Waals surface area contributed by atoms with Crippen LogP contribution in [0.1, 0.15) is 50.9 Å². The molecule has 1 aromatic heterocycles. The Labute approximate surface area is 177 Å². The van der Waals surface area contributed by atoms with Gasteiger partial charge in [-0.1, -0.05) is 36.8 Å². The van der Waals surface area contributed by atoms with E-state index in [0.29, 0.717) is 6.54 Å². The molecule has 7 heteroatoms. The minimum absolute atomic E-state index is 0.151. The van der Waals surface area contributed by atoms with Gasteiger partial charge in [-0.15, -0.1) is 0 Å². The number of nitrogens with zero attached hydrogens (tertiary/aromatic N) is 2. The first-order valence-corrected chi connectivity index (χ1v) is 9.98. The second kappa shape index (κ2) is 10.0. The third kappa shape index (κ3) is 5.89. The van der Waals surface area contributed by atoms with Crippen LogP contribution in [-0.2, 0) is 9.59 Å². The molecule has 1 aliphatic rings. The van der Waals surface area contributed by atoms with E-state index in [1.807, 2.05) is 32.9 Å². The Balaban J connectivity index is 2.18. The fraction of sp³-hybridized carbons (Fsp3) is 0.391. The van der Waals surface area contributed by atoms with Crippen molar-refractivity contribution in [3.63, 3.8) is 0 Å². The van der Waals surface area contributed by atoms with Crippen molar-refractivity contribution in [3.8, 4) is 0 Å². The molecular weight excluding hydrogens is 380 g/mol. The lowest BCUT2D eigenvalue weighted by molar-refractivity contribution is -0.145. The molecule has 0 aromatic carbocycles. The molecule has 1 fully saturated rings. The minimum Gasteiger partial charge on any atom is -0.366 e. The number of nitrogens with one attached hydrogen (secondary N) is 1. The van der Waals surface area contributed by atoms with Gasteiger partial charge in [-0.2, -0.15) is 0 Å². The summed E-state index contributed by atoms with van der Waals surface area (Å²) in [5, 5.41) is 2.52. The smallest absolute Gasteiger partial charge is 0.313 e. The fourth-order valence-electron chi connectivity index (χ4n) is 3.23. The third-order valence-electron chi connectivity index (χ3n) is 5.32. The number of likely N-dealkylation sites (tertiary alicyclic amines) is 1. The highest BCUT2D eigenvalue weighted by atomic mass is 16.2. The molecule has 2 heterocycles. The molecule has 0 spiro atoms. The van der Waals surface area contributed by atoms with Crippen LogP contribution >= 0.6 is 0 Å². The lowest BCUT2D eigenvalue weighted by Gasteiger charge is -2.38.